The van der Waals surface area contributed by atoms with Crippen molar-refractivity contribution in [2.24, 2.45) is 0 Å². The van der Waals surface area contributed by atoms with Gasteiger partial charge < -0.3 is 24.4 Å². The van der Waals surface area contributed by atoms with E-state index in [2.05, 4.69) is 5.32 Å². The van der Waals surface area contributed by atoms with Gasteiger partial charge in [0.15, 0.2) is 17.6 Å². The zero-order chi connectivity index (χ0) is 22.1. The van der Waals surface area contributed by atoms with Crippen LogP contribution < -0.4 is 19.5 Å². The molecule has 2 aromatic rings. The van der Waals surface area contributed by atoms with Gasteiger partial charge in [0.2, 0.25) is 5.91 Å². The number of carbonyl (C=O) groups excluding carboxylic acids is 2. The summed E-state index contributed by atoms with van der Waals surface area (Å²) in [6, 6.07) is 11.9. The minimum absolute atomic E-state index is 0.121. The Balaban J connectivity index is 1.93. The minimum atomic E-state index is -0.751. The first-order valence-corrected chi connectivity index (χ1v) is 10.1. The van der Waals surface area contributed by atoms with Gasteiger partial charge >= 0.3 is 0 Å². The van der Waals surface area contributed by atoms with E-state index in [1.54, 1.807) is 56.4 Å². The molecule has 0 aromatic heterocycles. The van der Waals surface area contributed by atoms with Crippen molar-refractivity contribution in [3.63, 3.8) is 0 Å². The van der Waals surface area contributed by atoms with Crippen molar-refractivity contribution in [2.45, 2.75) is 26.9 Å². The molecule has 0 heterocycles. The molecule has 0 fully saturated rings. The molecule has 2 rings (SSSR count). The Hall–Kier alpha value is -2.93. The largest absolute Gasteiger partial charge is 0.490 e. The highest BCUT2D eigenvalue weighted by Crippen LogP contribution is 2.30. The first-order valence-electron chi connectivity index (χ1n) is 9.70. The van der Waals surface area contributed by atoms with Crippen LogP contribution in [-0.4, -0.2) is 49.6 Å². The zero-order valence-electron chi connectivity index (χ0n) is 17.6. The summed E-state index contributed by atoms with van der Waals surface area (Å²) < 4.78 is 16.7. The molecule has 2 amide bonds. The van der Waals surface area contributed by atoms with E-state index in [4.69, 9.17) is 25.8 Å². The van der Waals surface area contributed by atoms with Crippen LogP contribution in [-0.2, 0) is 9.59 Å². The summed E-state index contributed by atoms with van der Waals surface area (Å²) in [5.74, 6) is 1.03. The highest BCUT2D eigenvalue weighted by molar-refractivity contribution is 6.30. The molecular weight excluding hydrogens is 408 g/mol. The quantitative estimate of drug-likeness (QED) is 0.611. The summed E-state index contributed by atoms with van der Waals surface area (Å²) in [4.78, 5) is 26.2. The fraction of sp³-hybridized carbons (Fsp3) is 0.364. The number of amides is 2. The third kappa shape index (κ3) is 6.84. The summed E-state index contributed by atoms with van der Waals surface area (Å²) in [5.41, 5.74) is 0.554. The van der Waals surface area contributed by atoms with Gasteiger partial charge in [0.1, 0.15) is 5.75 Å². The number of hydrogen-bond donors (Lipinski definition) is 1. The van der Waals surface area contributed by atoms with Crippen molar-refractivity contribution >= 4 is 29.1 Å². The van der Waals surface area contributed by atoms with Crippen LogP contribution in [0.5, 0.6) is 17.2 Å². The Kier molecular flexibility index (Phi) is 8.80. The molecule has 1 atom stereocenters. The molecule has 1 N–H and O–H groups in total. The van der Waals surface area contributed by atoms with Crippen LogP contribution >= 0.6 is 11.6 Å². The minimum Gasteiger partial charge on any atom is -0.490 e. The topological polar surface area (TPSA) is 77.1 Å². The van der Waals surface area contributed by atoms with Gasteiger partial charge in [-0.05, 0) is 57.2 Å². The monoisotopic (exact) mass is 434 g/mol. The van der Waals surface area contributed by atoms with Gasteiger partial charge in [0.25, 0.3) is 5.91 Å². The number of anilines is 1. The third-order valence-electron chi connectivity index (χ3n) is 4.06. The van der Waals surface area contributed by atoms with E-state index in [9.17, 15) is 9.59 Å². The first kappa shape index (κ1) is 23.3. The van der Waals surface area contributed by atoms with Crippen LogP contribution in [0, 0.1) is 0 Å². The van der Waals surface area contributed by atoms with Gasteiger partial charge in [0, 0.05) is 23.8 Å². The molecule has 0 saturated carbocycles. The molecule has 0 bridgehead atoms. The van der Waals surface area contributed by atoms with E-state index >= 15 is 0 Å². The van der Waals surface area contributed by atoms with Gasteiger partial charge in [-0.1, -0.05) is 11.6 Å². The maximum atomic E-state index is 12.5. The van der Waals surface area contributed by atoms with E-state index in [-0.39, 0.29) is 18.4 Å². The van der Waals surface area contributed by atoms with Gasteiger partial charge in [-0.25, -0.2) is 0 Å². The Morgan fingerprint density at radius 1 is 1.03 bits per heavy atom. The Morgan fingerprint density at radius 3 is 2.30 bits per heavy atom. The van der Waals surface area contributed by atoms with Crippen molar-refractivity contribution in [3.8, 4) is 17.2 Å². The number of ether oxygens (including phenoxy) is 3. The number of halogens is 1. The molecule has 0 saturated heterocycles. The smallest absolute Gasteiger partial charge is 0.263 e. The number of hydrogen-bond acceptors (Lipinski definition) is 5. The van der Waals surface area contributed by atoms with Crippen molar-refractivity contribution in [2.75, 3.05) is 32.1 Å². The number of carbonyl (C=O) groups is 2. The molecule has 0 aliphatic carbocycles. The van der Waals surface area contributed by atoms with Gasteiger partial charge in [-0.2, -0.15) is 0 Å². The second kappa shape index (κ2) is 11.3. The second-order valence-corrected chi connectivity index (χ2v) is 6.92. The number of likely N-dealkylation sites (N-methyl/N-ethyl adjacent to an activating group) is 1. The third-order valence-corrected chi connectivity index (χ3v) is 4.31. The van der Waals surface area contributed by atoms with Gasteiger partial charge in [-0.3, -0.25) is 9.59 Å². The fourth-order valence-corrected chi connectivity index (χ4v) is 2.83. The van der Waals surface area contributed by atoms with Crippen molar-refractivity contribution in [3.05, 3.63) is 47.5 Å². The number of nitrogens with zero attached hydrogens (tertiary/aromatic N) is 1. The highest BCUT2D eigenvalue weighted by Gasteiger charge is 2.21. The normalized spacial score (nSPS) is 11.4. The lowest BCUT2D eigenvalue weighted by molar-refractivity contribution is -0.139. The summed E-state index contributed by atoms with van der Waals surface area (Å²) in [5, 5.41) is 3.35. The average Bonchev–Trinajstić information content (AvgIpc) is 2.71. The van der Waals surface area contributed by atoms with Crippen LogP contribution in [0.3, 0.4) is 0 Å². The predicted molar refractivity (Wildman–Crippen MR) is 117 cm³/mol. The van der Waals surface area contributed by atoms with Crippen LogP contribution in [0.4, 0.5) is 5.69 Å². The summed E-state index contributed by atoms with van der Waals surface area (Å²) in [7, 11) is 1.55. The lowest BCUT2D eigenvalue weighted by atomic mass is 10.2. The summed E-state index contributed by atoms with van der Waals surface area (Å²) in [6.45, 7) is 6.25. The number of rotatable bonds is 10. The van der Waals surface area contributed by atoms with Crippen LogP contribution in [0.2, 0.25) is 5.02 Å². The molecule has 30 heavy (non-hydrogen) atoms. The van der Waals surface area contributed by atoms with E-state index in [1.807, 2.05) is 13.8 Å². The average molecular weight is 435 g/mol. The van der Waals surface area contributed by atoms with E-state index < -0.39 is 6.10 Å². The zero-order valence-corrected chi connectivity index (χ0v) is 18.4. The molecule has 0 spiro atoms. The summed E-state index contributed by atoms with van der Waals surface area (Å²) >= 11 is 5.85. The first-order chi connectivity index (χ1) is 14.3. The van der Waals surface area contributed by atoms with Crippen LogP contribution in [0.15, 0.2) is 42.5 Å². The Bertz CT molecular complexity index is 857. The lowest BCUT2D eigenvalue weighted by Crippen LogP contribution is -2.41. The molecule has 2 aromatic carbocycles. The Labute approximate surface area is 181 Å². The van der Waals surface area contributed by atoms with Crippen molar-refractivity contribution in [1.29, 1.82) is 0 Å². The maximum absolute atomic E-state index is 12.5. The molecule has 0 unspecified atom stereocenters. The standard InChI is InChI=1S/C22H27ClN2O5/c1-5-28-19-12-9-17(13-20(19)29-6-2)24-21(26)14-25(4)22(27)15(3)30-18-10-7-16(23)8-11-18/h7-13,15H,5-6,14H2,1-4H3,(H,24,26)/t15-/m0/s1. The molecule has 0 radical (unpaired) electrons. The fourth-order valence-electron chi connectivity index (χ4n) is 2.70. The van der Waals surface area contributed by atoms with Gasteiger partial charge in [0.05, 0.1) is 19.8 Å². The summed E-state index contributed by atoms with van der Waals surface area (Å²) in [6.07, 6.45) is -0.751. The highest BCUT2D eigenvalue weighted by atomic mass is 35.5. The second-order valence-electron chi connectivity index (χ2n) is 6.48. The maximum Gasteiger partial charge on any atom is 0.263 e. The molecule has 0 aliphatic heterocycles. The molecule has 8 heteroatoms. The molecule has 162 valence electrons. The van der Waals surface area contributed by atoms with Gasteiger partial charge in [-0.15, -0.1) is 0 Å². The van der Waals surface area contributed by atoms with Crippen molar-refractivity contribution in [1.82, 2.24) is 4.90 Å². The van der Waals surface area contributed by atoms with E-state index in [0.29, 0.717) is 41.2 Å². The van der Waals surface area contributed by atoms with E-state index in [0.717, 1.165) is 0 Å². The molecular formula is C22H27ClN2O5. The molecule has 7 nitrogen and oxygen atoms in total. The predicted octanol–water partition coefficient (Wildman–Crippen LogP) is 4.00. The van der Waals surface area contributed by atoms with Crippen LogP contribution in [0.25, 0.3) is 0 Å². The SMILES string of the molecule is CCOc1ccc(NC(=O)CN(C)C(=O)[C@H](C)Oc2ccc(Cl)cc2)cc1OCC. The Morgan fingerprint density at radius 2 is 1.67 bits per heavy atom. The van der Waals surface area contributed by atoms with Crippen LogP contribution in [0.1, 0.15) is 20.8 Å². The van der Waals surface area contributed by atoms with Crippen molar-refractivity contribution < 1.29 is 23.8 Å². The number of nitrogens with one attached hydrogen (secondary N) is 1. The van der Waals surface area contributed by atoms with E-state index in [1.165, 1.54) is 4.90 Å². The molecule has 0 aliphatic rings. The number of benzene rings is 2. The lowest BCUT2D eigenvalue weighted by Gasteiger charge is -2.22.